The third kappa shape index (κ3) is 6.36. The molecule has 2 fully saturated rings. The fourth-order valence-corrected chi connectivity index (χ4v) is 4.50. The van der Waals surface area contributed by atoms with Crippen molar-refractivity contribution in [3.05, 3.63) is 29.0 Å². The van der Waals surface area contributed by atoms with Gasteiger partial charge in [-0.2, -0.15) is 4.98 Å². The van der Waals surface area contributed by atoms with Crippen molar-refractivity contribution in [3.8, 4) is 11.3 Å². The standard InChI is InChI=1S/C25H37N5O3.ClH/c1-4-20-18(12-22(26)32-5-2)11-21(33-20)23-15(3)28-25(27-13-16-6-7-16)30-24(23)29-19-9-8-17(10-19)14-31;/h11-12,16-17,19,31H,4-10,13-14,26H2,1-3H3,(H2,27,28,29,30);1H/b22-12+;. The molecule has 0 saturated heterocycles. The molecular weight excluding hydrogens is 454 g/mol. The van der Waals surface area contributed by atoms with Gasteiger partial charge in [-0.25, -0.2) is 4.98 Å². The van der Waals surface area contributed by atoms with Crippen LogP contribution in [0.25, 0.3) is 17.4 Å². The summed E-state index contributed by atoms with van der Waals surface area (Å²) in [5.74, 6) is 4.41. The highest BCUT2D eigenvalue weighted by Gasteiger charge is 2.27. The molecule has 4 rings (SSSR count). The quantitative estimate of drug-likeness (QED) is 0.333. The second-order valence-electron chi connectivity index (χ2n) is 9.21. The summed E-state index contributed by atoms with van der Waals surface area (Å²) in [5.41, 5.74) is 8.62. The van der Waals surface area contributed by atoms with E-state index in [1.807, 2.05) is 26.0 Å². The number of furan rings is 1. The fraction of sp³-hybridized carbons (Fsp3) is 0.600. The number of nitrogens with two attached hydrogens (primary N) is 1. The number of nitrogens with zero attached hydrogens (tertiary/aromatic N) is 2. The van der Waals surface area contributed by atoms with E-state index in [-0.39, 0.29) is 25.1 Å². The van der Waals surface area contributed by atoms with Crippen LogP contribution >= 0.6 is 12.4 Å². The number of nitrogens with one attached hydrogen (secondary N) is 2. The van der Waals surface area contributed by atoms with Gasteiger partial charge in [-0.3, -0.25) is 0 Å². The molecule has 0 spiro atoms. The average molecular weight is 492 g/mol. The Morgan fingerprint density at radius 1 is 1.24 bits per heavy atom. The summed E-state index contributed by atoms with van der Waals surface area (Å²) >= 11 is 0. The van der Waals surface area contributed by atoms with Crippen LogP contribution in [0, 0.1) is 18.8 Å². The van der Waals surface area contributed by atoms with Gasteiger partial charge >= 0.3 is 0 Å². The lowest BCUT2D eigenvalue weighted by atomic mass is 10.1. The minimum absolute atomic E-state index is 0. The number of anilines is 2. The lowest BCUT2D eigenvalue weighted by Crippen LogP contribution is -2.19. The van der Waals surface area contributed by atoms with E-state index in [4.69, 9.17) is 24.9 Å². The van der Waals surface area contributed by atoms with Gasteiger partial charge in [-0.1, -0.05) is 6.92 Å². The minimum atomic E-state index is 0. The molecule has 0 amide bonds. The van der Waals surface area contributed by atoms with E-state index < -0.39 is 0 Å². The highest BCUT2D eigenvalue weighted by molar-refractivity contribution is 5.85. The summed E-state index contributed by atoms with van der Waals surface area (Å²) in [6, 6.07) is 2.25. The molecule has 188 valence electrons. The van der Waals surface area contributed by atoms with Gasteiger partial charge in [0.05, 0.1) is 17.9 Å². The maximum atomic E-state index is 9.56. The van der Waals surface area contributed by atoms with Crippen molar-refractivity contribution in [2.75, 3.05) is 30.4 Å². The second kappa shape index (κ2) is 11.8. The molecule has 2 aliphatic carbocycles. The number of halogens is 1. The lowest BCUT2D eigenvalue weighted by Gasteiger charge is -2.18. The molecule has 0 bridgehead atoms. The van der Waals surface area contributed by atoms with Crippen molar-refractivity contribution < 1.29 is 14.3 Å². The van der Waals surface area contributed by atoms with E-state index in [9.17, 15) is 5.11 Å². The molecule has 2 aromatic rings. The van der Waals surface area contributed by atoms with Crippen molar-refractivity contribution >= 4 is 30.2 Å². The maximum Gasteiger partial charge on any atom is 0.224 e. The van der Waals surface area contributed by atoms with Gasteiger partial charge in [0.1, 0.15) is 17.3 Å². The third-order valence-electron chi connectivity index (χ3n) is 6.49. The Bertz CT molecular complexity index is 989. The van der Waals surface area contributed by atoms with Crippen LogP contribution in [0.5, 0.6) is 0 Å². The van der Waals surface area contributed by atoms with Crippen LogP contribution in [0.2, 0.25) is 0 Å². The number of aromatic nitrogens is 2. The average Bonchev–Trinajstić information content (AvgIpc) is 3.37. The van der Waals surface area contributed by atoms with Crippen LogP contribution in [0.1, 0.15) is 63.0 Å². The van der Waals surface area contributed by atoms with E-state index >= 15 is 0 Å². The van der Waals surface area contributed by atoms with Gasteiger partial charge in [0.2, 0.25) is 5.95 Å². The SMILES string of the molecule is CCO/C(N)=C/c1cc(-c2c(C)nc(NCC3CC3)nc2NC2CCC(CO)C2)oc1CC.Cl. The minimum Gasteiger partial charge on any atom is -0.480 e. The van der Waals surface area contributed by atoms with Crippen molar-refractivity contribution in [1.82, 2.24) is 9.97 Å². The first-order valence-electron chi connectivity index (χ1n) is 12.2. The Kier molecular flexibility index (Phi) is 9.08. The third-order valence-corrected chi connectivity index (χ3v) is 6.49. The van der Waals surface area contributed by atoms with Crippen molar-refractivity contribution in [1.29, 1.82) is 0 Å². The first kappa shape index (κ1) is 26.2. The van der Waals surface area contributed by atoms with E-state index in [0.29, 0.717) is 30.1 Å². The molecule has 0 aromatic carbocycles. The Labute approximate surface area is 208 Å². The molecule has 0 radical (unpaired) electrons. The molecule has 2 unspecified atom stereocenters. The van der Waals surface area contributed by atoms with E-state index in [1.165, 1.54) is 12.8 Å². The maximum absolute atomic E-state index is 9.56. The monoisotopic (exact) mass is 491 g/mol. The number of rotatable bonds is 11. The van der Waals surface area contributed by atoms with Crippen LogP contribution in [-0.2, 0) is 11.2 Å². The lowest BCUT2D eigenvalue weighted by molar-refractivity contribution is 0.229. The fourth-order valence-electron chi connectivity index (χ4n) is 4.50. The number of aryl methyl sites for hydroxylation is 2. The zero-order valence-electron chi connectivity index (χ0n) is 20.4. The highest BCUT2D eigenvalue weighted by atomic mass is 35.5. The van der Waals surface area contributed by atoms with Gasteiger partial charge in [0.25, 0.3) is 0 Å². The van der Waals surface area contributed by atoms with Gasteiger partial charge in [0.15, 0.2) is 5.88 Å². The molecule has 2 heterocycles. The molecule has 2 atom stereocenters. The largest absolute Gasteiger partial charge is 0.480 e. The predicted octanol–water partition coefficient (Wildman–Crippen LogP) is 4.72. The zero-order chi connectivity index (χ0) is 23.4. The van der Waals surface area contributed by atoms with E-state index in [0.717, 1.165) is 66.5 Å². The molecule has 2 saturated carbocycles. The number of hydrogen-bond donors (Lipinski definition) is 4. The summed E-state index contributed by atoms with van der Waals surface area (Å²) < 4.78 is 11.7. The van der Waals surface area contributed by atoms with Crippen LogP contribution in [-0.4, -0.2) is 40.9 Å². The van der Waals surface area contributed by atoms with Crippen molar-refractivity contribution in [2.24, 2.45) is 17.6 Å². The Morgan fingerprint density at radius 2 is 2.00 bits per heavy atom. The first-order chi connectivity index (χ1) is 16.0. The predicted molar refractivity (Wildman–Crippen MR) is 138 cm³/mol. The van der Waals surface area contributed by atoms with Gasteiger partial charge < -0.3 is 30.6 Å². The topological polar surface area (TPSA) is 118 Å². The molecular formula is C25H38ClN5O3. The normalized spacial score (nSPS) is 20.2. The van der Waals surface area contributed by atoms with Crippen LogP contribution < -0.4 is 16.4 Å². The number of ether oxygens (including phenoxy) is 1. The van der Waals surface area contributed by atoms with Crippen molar-refractivity contribution in [3.63, 3.8) is 0 Å². The molecule has 34 heavy (non-hydrogen) atoms. The Balaban J connectivity index is 0.00000324. The van der Waals surface area contributed by atoms with E-state index in [2.05, 4.69) is 17.6 Å². The summed E-state index contributed by atoms with van der Waals surface area (Å²) in [6.45, 7) is 7.61. The molecule has 9 heteroatoms. The molecule has 2 aromatic heterocycles. The summed E-state index contributed by atoms with van der Waals surface area (Å²) in [5, 5.41) is 16.6. The summed E-state index contributed by atoms with van der Waals surface area (Å²) in [4.78, 5) is 9.60. The highest BCUT2D eigenvalue weighted by Crippen LogP contribution is 2.37. The van der Waals surface area contributed by atoms with Gasteiger partial charge in [-0.15, -0.1) is 12.4 Å². The van der Waals surface area contributed by atoms with Gasteiger partial charge in [-0.05, 0) is 63.9 Å². The number of hydrogen-bond acceptors (Lipinski definition) is 8. The smallest absolute Gasteiger partial charge is 0.224 e. The Hall–Kier alpha value is -2.45. The van der Waals surface area contributed by atoms with Crippen LogP contribution in [0.3, 0.4) is 0 Å². The summed E-state index contributed by atoms with van der Waals surface area (Å²) in [6.07, 6.45) is 8.05. The Morgan fingerprint density at radius 3 is 2.65 bits per heavy atom. The van der Waals surface area contributed by atoms with Crippen molar-refractivity contribution in [2.45, 2.75) is 65.3 Å². The van der Waals surface area contributed by atoms with Crippen LogP contribution in [0.15, 0.2) is 16.4 Å². The molecule has 5 N–H and O–H groups in total. The first-order valence-corrected chi connectivity index (χ1v) is 12.2. The van der Waals surface area contributed by atoms with Gasteiger partial charge in [0, 0.05) is 37.3 Å². The van der Waals surface area contributed by atoms with E-state index in [1.54, 1.807) is 0 Å². The summed E-state index contributed by atoms with van der Waals surface area (Å²) in [7, 11) is 0. The number of aliphatic hydroxyl groups excluding tert-OH is 1. The zero-order valence-corrected chi connectivity index (χ0v) is 21.2. The number of aliphatic hydroxyl groups is 1. The molecule has 8 nitrogen and oxygen atoms in total. The van der Waals surface area contributed by atoms with Crippen LogP contribution in [0.4, 0.5) is 11.8 Å². The molecule has 2 aliphatic rings. The molecule has 0 aliphatic heterocycles. The second-order valence-corrected chi connectivity index (χ2v) is 9.21.